The number of amides is 1. The molecule has 6 nitrogen and oxygen atoms in total. The summed E-state index contributed by atoms with van der Waals surface area (Å²) in [5.41, 5.74) is 1.96. The minimum Gasteiger partial charge on any atom is -0.493 e. The Balaban J connectivity index is 1.62. The fourth-order valence-corrected chi connectivity index (χ4v) is 3.05. The second-order valence-corrected chi connectivity index (χ2v) is 5.93. The molecule has 1 aromatic carbocycles. The highest BCUT2D eigenvalue weighted by molar-refractivity contribution is 5.92. The lowest BCUT2D eigenvalue weighted by molar-refractivity contribution is -0.126. The largest absolute Gasteiger partial charge is 0.493 e. The van der Waals surface area contributed by atoms with Gasteiger partial charge in [0.1, 0.15) is 0 Å². The zero-order valence-electron chi connectivity index (χ0n) is 15.1. The fourth-order valence-electron chi connectivity index (χ4n) is 3.05. The number of benzene rings is 1. The van der Waals surface area contributed by atoms with Gasteiger partial charge in [-0.2, -0.15) is 0 Å². The van der Waals surface area contributed by atoms with Gasteiger partial charge in [-0.3, -0.25) is 9.78 Å². The maximum absolute atomic E-state index is 12.5. The summed E-state index contributed by atoms with van der Waals surface area (Å²) in [6.07, 6.45) is 6.95. The van der Waals surface area contributed by atoms with E-state index >= 15 is 0 Å². The Morgan fingerprint density at radius 1 is 1.04 bits per heavy atom. The highest BCUT2D eigenvalue weighted by Gasteiger charge is 2.19. The van der Waals surface area contributed by atoms with E-state index in [0.29, 0.717) is 24.6 Å². The zero-order chi connectivity index (χ0) is 18.4. The van der Waals surface area contributed by atoms with E-state index in [1.54, 1.807) is 38.8 Å². The third-order valence-electron chi connectivity index (χ3n) is 4.46. The van der Waals surface area contributed by atoms with Crippen molar-refractivity contribution in [1.29, 1.82) is 0 Å². The molecule has 1 aromatic heterocycles. The standard InChI is InChI=1S/C20H23N3O3/c1-25-18-5-3-4-16(20(18)26-2)6-7-19(24)23-14-12-22(13-15-23)17-8-10-21-11-9-17/h3-11H,12-15H2,1-2H3/b7-6+. The maximum Gasteiger partial charge on any atom is 0.246 e. The van der Waals surface area contributed by atoms with Gasteiger partial charge < -0.3 is 19.3 Å². The third kappa shape index (κ3) is 3.96. The molecule has 0 aliphatic carbocycles. The number of carbonyl (C=O) groups excluding carboxylic acids is 1. The Bertz CT molecular complexity index is 769. The van der Waals surface area contributed by atoms with E-state index in [0.717, 1.165) is 24.3 Å². The summed E-state index contributed by atoms with van der Waals surface area (Å²) in [7, 11) is 3.19. The quantitative estimate of drug-likeness (QED) is 0.773. The van der Waals surface area contributed by atoms with Crippen molar-refractivity contribution in [2.45, 2.75) is 0 Å². The van der Waals surface area contributed by atoms with Gasteiger partial charge in [0.25, 0.3) is 0 Å². The molecular formula is C20H23N3O3. The first-order chi connectivity index (χ1) is 12.7. The predicted octanol–water partition coefficient (Wildman–Crippen LogP) is 2.46. The summed E-state index contributed by atoms with van der Waals surface area (Å²) in [4.78, 5) is 20.7. The highest BCUT2D eigenvalue weighted by Crippen LogP contribution is 2.31. The lowest BCUT2D eigenvalue weighted by atomic mass is 10.1. The molecule has 26 heavy (non-hydrogen) atoms. The first-order valence-corrected chi connectivity index (χ1v) is 8.56. The minimum absolute atomic E-state index is 0.00394. The molecule has 2 aromatic rings. The zero-order valence-corrected chi connectivity index (χ0v) is 15.1. The molecule has 2 heterocycles. The van der Waals surface area contributed by atoms with Gasteiger partial charge >= 0.3 is 0 Å². The summed E-state index contributed by atoms with van der Waals surface area (Å²) in [5, 5.41) is 0. The van der Waals surface area contributed by atoms with E-state index in [-0.39, 0.29) is 5.91 Å². The van der Waals surface area contributed by atoms with Crippen molar-refractivity contribution in [1.82, 2.24) is 9.88 Å². The normalized spacial score (nSPS) is 14.5. The van der Waals surface area contributed by atoms with Crippen LogP contribution < -0.4 is 14.4 Å². The van der Waals surface area contributed by atoms with E-state index < -0.39 is 0 Å². The van der Waals surface area contributed by atoms with Crippen molar-refractivity contribution in [3.63, 3.8) is 0 Å². The van der Waals surface area contributed by atoms with Crippen LogP contribution in [0, 0.1) is 0 Å². The lowest BCUT2D eigenvalue weighted by Crippen LogP contribution is -2.48. The van der Waals surface area contributed by atoms with Crippen LogP contribution in [0.4, 0.5) is 5.69 Å². The molecule has 1 aliphatic heterocycles. The smallest absolute Gasteiger partial charge is 0.246 e. The summed E-state index contributed by atoms with van der Waals surface area (Å²) >= 11 is 0. The van der Waals surface area contributed by atoms with Crippen LogP contribution in [0.25, 0.3) is 6.08 Å². The van der Waals surface area contributed by atoms with Crippen molar-refractivity contribution >= 4 is 17.7 Å². The van der Waals surface area contributed by atoms with Crippen LogP contribution in [-0.2, 0) is 4.79 Å². The second kappa shape index (κ2) is 8.38. The Morgan fingerprint density at radius 3 is 2.42 bits per heavy atom. The third-order valence-corrected chi connectivity index (χ3v) is 4.46. The van der Waals surface area contributed by atoms with Crippen molar-refractivity contribution < 1.29 is 14.3 Å². The SMILES string of the molecule is COc1cccc(/C=C/C(=O)N2CCN(c3ccncc3)CC2)c1OC. The molecule has 136 valence electrons. The first-order valence-electron chi connectivity index (χ1n) is 8.56. The van der Waals surface area contributed by atoms with Gasteiger partial charge in [0.15, 0.2) is 11.5 Å². The predicted molar refractivity (Wildman–Crippen MR) is 102 cm³/mol. The van der Waals surface area contributed by atoms with Crippen LogP contribution in [0.3, 0.4) is 0 Å². The van der Waals surface area contributed by atoms with Crippen molar-refractivity contribution in [2.24, 2.45) is 0 Å². The molecule has 1 aliphatic rings. The van der Waals surface area contributed by atoms with Gasteiger partial charge in [-0.25, -0.2) is 0 Å². The fraction of sp³-hybridized carbons (Fsp3) is 0.300. The van der Waals surface area contributed by atoms with E-state index in [2.05, 4.69) is 9.88 Å². The Morgan fingerprint density at radius 2 is 1.77 bits per heavy atom. The monoisotopic (exact) mass is 353 g/mol. The van der Waals surface area contributed by atoms with E-state index in [1.807, 2.05) is 35.2 Å². The van der Waals surface area contributed by atoms with Gasteiger partial charge in [0, 0.05) is 55.9 Å². The number of aromatic nitrogens is 1. The number of anilines is 1. The molecule has 1 saturated heterocycles. The molecule has 1 amide bonds. The molecule has 3 rings (SSSR count). The number of hydrogen-bond donors (Lipinski definition) is 0. The van der Waals surface area contributed by atoms with Gasteiger partial charge in [-0.15, -0.1) is 0 Å². The number of carbonyl (C=O) groups is 1. The van der Waals surface area contributed by atoms with Crippen LogP contribution >= 0.6 is 0 Å². The number of ether oxygens (including phenoxy) is 2. The molecule has 0 unspecified atom stereocenters. The number of hydrogen-bond acceptors (Lipinski definition) is 5. The molecule has 0 bridgehead atoms. The van der Waals surface area contributed by atoms with E-state index in [4.69, 9.17) is 9.47 Å². The average Bonchev–Trinajstić information content (AvgIpc) is 2.72. The maximum atomic E-state index is 12.5. The van der Waals surface area contributed by atoms with Crippen molar-refractivity contribution in [2.75, 3.05) is 45.3 Å². The van der Waals surface area contributed by atoms with Gasteiger partial charge in [0.2, 0.25) is 5.91 Å². The average molecular weight is 353 g/mol. The number of piperazine rings is 1. The molecule has 0 atom stereocenters. The van der Waals surface area contributed by atoms with Crippen LogP contribution in [-0.4, -0.2) is 56.2 Å². The van der Waals surface area contributed by atoms with Crippen molar-refractivity contribution in [3.8, 4) is 11.5 Å². The van der Waals surface area contributed by atoms with E-state index in [1.165, 1.54) is 0 Å². The summed E-state index contributed by atoms with van der Waals surface area (Å²) in [6, 6.07) is 9.58. The number of methoxy groups -OCH3 is 2. The molecule has 1 fully saturated rings. The summed E-state index contributed by atoms with van der Waals surface area (Å²) in [6.45, 7) is 3.01. The Hall–Kier alpha value is -3.02. The van der Waals surface area contributed by atoms with Crippen LogP contribution in [0.1, 0.15) is 5.56 Å². The lowest BCUT2D eigenvalue weighted by Gasteiger charge is -2.35. The van der Waals surface area contributed by atoms with Gasteiger partial charge in [0.05, 0.1) is 14.2 Å². The second-order valence-electron chi connectivity index (χ2n) is 5.93. The number of nitrogens with zero attached hydrogens (tertiary/aromatic N) is 3. The van der Waals surface area contributed by atoms with Crippen LogP contribution in [0.2, 0.25) is 0 Å². The molecule has 0 spiro atoms. The van der Waals surface area contributed by atoms with Gasteiger partial charge in [-0.05, 0) is 24.3 Å². The summed E-state index contributed by atoms with van der Waals surface area (Å²) < 4.78 is 10.7. The topological polar surface area (TPSA) is 54.9 Å². The highest BCUT2D eigenvalue weighted by atomic mass is 16.5. The number of rotatable bonds is 5. The molecular weight excluding hydrogens is 330 g/mol. The van der Waals surface area contributed by atoms with Crippen LogP contribution in [0.15, 0.2) is 48.8 Å². The van der Waals surface area contributed by atoms with E-state index in [9.17, 15) is 4.79 Å². The molecule has 0 saturated carbocycles. The molecule has 0 radical (unpaired) electrons. The van der Waals surface area contributed by atoms with Gasteiger partial charge in [-0.1, -0.05) is 12.1 Å². The Labute approximate surface area is 153 Å². The first kappa shape index (κ1) is 17.8. The van der Waals surface area contributed by atoms with Crippen molar-refractivity contribution in [3.05, 3.63) is 54.4 Å². The molecule has 0 N–H and O–H groups in total. The number of para-hydroxylation sites is 1. The summed E-state index contributed by atoms with van der Waals surface area (Å²) in [5.74, 6) is 1.28. The minimum atomic E-state index is 0.00394. The molecule has 6 heteroatoms. The van der Waals surface area contributed by atoms with Crippen LogP contribution in [0.5, 0.6) is 11.5 Å². The number of pyridine rings is 1. The Kier molecular flexibility index (Phi) is 5.73.